The van der Waals surface area contributed by atoms with E-state index in [-0.39, 0.29) is 5.95 Å². The fraction of sp³-hybridized carbons (Fsp3) is 0.400. The molecule has 0 bridgehead atoms. The van der Waals surface area contributed by atoms with Gasteiger partial charge in [0.05, 0.1) is 18.0 Å². The predicted molar refractivity (Wildman–Crippen MR) is 57.0 cm³/mol. The highest BCUT2D eigenvalue weighted by Crippen LogP contribution is 2.19. The second-order valence-electron chi connectivity index (χ2n) is 4.17. The third-order valence-electron chi connectivity index (χ3n) is 1.83. The molecule has 0 radical (unpaired) electrons. The molecule has 0 aromatic carbocycles. The molecule has 84 valence electrons. The van der Waals surface area contributed by atoms with Gasteiger partial charge in [0.2, 0.25) is 5.95 Å². The van der Waals surface area contributed by atoms with Crippen molar-refractivity contribution in [1.29, 1.82) is 5.26 Å². The van der Waals surface area contributed by atoms with Gasteiger partial charge in [-0.15, -0.1) is 0 Å². The first-order valence-electron chi connectivity index (χ1n) is 4.61. The maximum atomic E-state index is 11.1. The first-order valence-corrected chi connectivity index (χ1v) is 4.61. The number of anilines is 1. The molecule has 0 atom stereocenters. The van der Waals surface area contributed by atoms with Crippen molar-refractivity contribution >= 4 is 12.0 Å². The van der Waals surface area contributed by atoms with E-state index >= 15 is 0 Å². The molecule has 0 aliphatic rings. The second kappa shape index (κ2) is 4.14. The molecule has 0 aliphatic carbocycles. The maximum absolute atomic E-state index is 11.1. The molecule has 0 aliphatic heterocycles. The van der Waals surface area contributed by atoms with Gasteiger partial charge in [-0.1, -0.05) is 0 Å². The molecule has 1 amide bonds. The smallest absolute Gasteiger partial charge is 0.414 e. The van der Waals surface area contributed by atoms with Crippen molar-refractivity contribution in [3.63, 3.8) is 0 Å². The minimum Gasteiger partial charge on any atom is -0.465 e. The largest absolute Gasteiger partial charge is 0.465 e. The number of rotatable bonds is 1. The van der Waals surface area contributed by atoms with Gasteiger partial charge < -0.3 is 5.11 Å². The highest BCUT2D eigenvalue weighted by atomic mass is 16.4. The summed E-state index contributed by atoms with van der Waals surface area (Å²) in [4.78, 5) is 19.8. The van der Waals surface area contributed by atoms with Crippen LogP contribution in [0.25, 0.3) is 0 Å². The van der Waals surface area contributed by atoms with E-state index in [1.165, 1.54) is 12.4 Å². The van der Waals surface area contributed by atoms with Gasteiger partial charge in [0.1, 0.15) is 6.07 Å². The molecule has 1 aromatic rings. The lowest BCUT2D eigenvalue weighted by atomic mass is 10.1. The van der Waals surface area contributed by atoms with Crippen molar-refractivity contribution in [3.8, 4) is 6.07 Å². The van der Waals surface area contributed by atoms with Gasteiger partial charge in [0.25, 0.3) is 0 Å². The Bertz CT molecular complexity index is 428. The van der Waals surface area contributed by atoms with Gasteiger partial charge >= 0.3 is 6.09 Å². The van der Waals surface area contributed by atoms with E-state index in [9.17, 15) is 4.79 Å². The number of amides is 1. The number of carbonyl (C=O) groups is 1. The van der Waals surface area contributed by atoms with Crippen molar-refractivity contribution in [2.45, 2.75) is 26.3 Å². The molecular weight excluding hydrogens is 208 g/mol. The first kappa shape index (κ1) is 11.9. The van der Waals surface area contributed by atoms with E-state index in [1.807, 2.05) is 6.07 Å². The molecule has 1 aromatic heterocycles. The normalized spacial score (nSPS) is 10.6. The van der Waals surface area contributed by atoms with Crippen LogP contribution in [0, 0.1) is 11.3 Å². The SMILES string of the molecule is CC(C)(C)N(C(=O)O)c1ncc(C#N)cn1. The van der Waals surface area contributed by atoms with E-state index in [4.69, 9.17) is 10.4 Å². The van der Waals surface area contributed by atoms with Crippen LogP contribution in [-0.4, -0.2) is 26.7 Å². The van der Waals surface area contributed by atoms with Crippen molar-refractivity contribution in [2.75, 3.05) is 4.90 Å². The van der Waals surface area contributed by atoms with Crippen LogP contribution in [0.2, 0.25) is 0 Å². The van der Waals surface area contributed by atoms with Gasteiger partial charge in [0.15, 0.2) is 0 Å². The summed E-state index contributed by atoms with van der Waals surface area (Å²) in [6.07, 6.45) is 1.46. The quantitative estimate of drug-likeness (QED) is 0.776. The molecule has 1 N–H and O–H groups in total. The van der Waals surface area contributed by atoms with Gasteiger partial charge in [-0.25, -0.2) is 19.7 Å². The third kappa shape index (κ3) is 2.45. The number of hydrogen-bond donors (Lipinski definition) is 1. The Hall–Kier alpha value is -2.16. The zero-order chi connectivity index (χ0) is 12.3. The average Bonchev–Trinajstić information content (AvgIpc) is 2.16. The van der Waals surface area contributed by atoms with Gasteiger partial charge in [-0.3, -0.25) is 0 Å². The molecular formula is C10H12N4O2. The summed E-state index contributed by atoms with van der Waals surface area (Å²) in [5.41, 5.74) is -0.344. The van der Waals surface area contributed by atoms with Gasteiger partial charge in [0, 0.05) is 5.54 Å². The molecule has 0 unspecified atom stereocenters. The lowest BCUT2D eigenvalue weighted by molar-refractivity contribution is 0.195. The Morgan fingerprint density at radius 2 is 1.94 bits per heavy atom. The molecule has 6 heteroatoms. The minimum atomic E-state index is -1.13. The van der Waals surface area contributed by atoms with Gasteiger partial charge in [-0.2, -0.15) is 5.26 Å². The Morgan fingerprint density at radius 1 is 1.44 bits per heavy atom. The van der Waals surface area contributed by atoms with Crippen LogP contribution in [0.1, 0.15) is 26.3 Å². The Morgan fingerprint density at radius 3 is 2.25 bits per heavy atom. The van der Waals surface area contributed by atoms with Gasteiger partial charge in [-0.05, 0) is 20.8 Å². The zero-order valence-corrected chi connectivity index (χ0v) is 9.30. The highest BCUT2D eigenvalue weighted by molar-refractivity contribution is 5.85. The van der Waals surface area contributed by atoms with E-state index in [0.717, 1.165) is 4.90 Å². The molecule has 1 rings (SSSR count). The Labute approximate surface area is 93.2 Å². The summed E-state index contributed by atoms with van der Waals surface area (Å²) in [5, 5.41) is 17.6. The van der Waals surface area contributed by atoms with E-state index in [2.05, 4.69) is 9.97 Å². The Balaban J connectivity index is 3.14. The third-order valence-corrected chi connectivity index (χ3v) is 1.83. The number of carboxylic acid groups (broad SMARTS) is 1. The minimum absolute atomic E-state index is 0.0685. The summed E-state index contributed by atoms with van der Waals surface area (Å²) in [7, 11) is 0. The summed E-state index contributed by atoms with van der Waals surface area (Å²) >= 11 is 0. The van der Waals surface area contributed by atoms with Crippen molar-refractivity contribution in [3.05, 3.63) is 18.0 Å². The summed E-state index contributed by atoms with van der Waals surface area (Å²) in [5.74, 6) is 0.0685. The Kier molecular flexibility index (Phi) is 3.09. The number of nitriles is 1. The summed E-state index contributed by atoms with van der Waals surface area (Å²) in [6.45, 7) is 5.22. The van der Waals surface area contributed by atoms with Crippen LogP contribution >= 0.6 is 0 Å². The van der Waals surface area contributed by atoms with Crippen LogP contribution in [0.3, 0.4) is 0 Å². The summed E-state index contributed by atoms with van der Waals surface area (Å²) < 4.78 is 0. The molecule has 6 nitrogen and oxygen atoms in total. The van der Waals surface area contributed by atoms with E-state index in [1.54, 1.807) is 20.8 Å². The number of aromatic nitrogens is 2. The van der Waals surface area contributed by atoms with Crippen LogP contribution in [0.15, 0.2) is 12.4 Å². The number of hydrogen-bond acceptors (Lipinski definition) is 4. The highest BCUT2D eigenvalue weighted by Gasteiger charge is 2.29. The van der Waals surface area contributed by atoms with Crippen molar-refractivity contribution in [1.82, 2.24) is 9.97 Å². The van der Waals surface area contributed by atoms with Crippen LogP contribution in [0.5, 0.6) is 0 Å². The van der Waals surface area contributed by atoms with Crippen LogP contribution < -0.4 is 4.90 Å². The van der Waals surface area contributed by atoms with E-state index < -0.39 is 11.6 Å². The van der Waals surface area contributed by atoms with Crippen LogP contribution in [0.4, 0.5) is 10.7 Å². The number of nitrogens with zero attached hydrogens (tertiary/aromatic N) is 4. The molecule has 1 heterocycles. The lowest BCUT2D eigenvalue weighted by Gasteiger charge is -2.30. The monoisotopic (exact) mass is 220 g/mol. The molecule has 0 saturated heterocycles. The van der Waals surface area contributed by atoms with Crippen molar-refractivity contribution < 1.29 is 9.90 Å². The fourth-order valence-electron chi connectivity index (χ4n) is 1.17. The molecule has 0 spiro atoms. The topological polar surface area (TPSA) is 90.1 Å². The first-order chi connectivity index (χ1) is 7.36. The van der Waals surface area contributed by atoms with E-state index in [0.29, 0.717) is 5.56 Å². The average molecular weight is 220 g/mol. The lowest BCUT2D eigenvalue weighted by Crippen LogP contribution is -2.46. The fourth-order valence-corrected chi connectivity index (χ4v) is 1.17. The molecule has 0 fully saturated rings. The zero-order valence-electron chi connectivity index (χ0n) is 9.30. The summed E-state index contributed by atoms with van der Waals surface area (Å²) in [6, 6.07) is 1.87. The standard InChI is InChI=1S/C10H12N4O2/c1-10(2,3)14(9(15)16)8-12-5-7(4-11)6-13-8/h5-6H,1-3H3,(H,15,16). The molecule has 0 saturated carbocycles. The molecule has 16 heavy (non-hydrogen) atoms. The maximum Gasteiger partial charge on any atom is 0.414 e. The van der Waals surface area contributed by atoms with Crippen LogP contribution in [-0.2, 0) is 0 Å². The second-order valence-corrected chi connectivity index (χ2v) is 4.17. The predicted octanol–water partition coefficient (Wildman–Crippen LogP) is 1.63. The van der Waals surface area contributed by atoms with Crippen molar-refractivity contribution in [2.24, 2.45) is 0 Å².